The number of thiazole rings is 1. The van der Waals surface area contributed by atoms with Crippen LogP contribution in [0, 0.1) is 23.7 Å². The number of fused-ring (bicyclic) bond motifs is 1. The smallest absolute Gasteiger partial charge is 0.330 e. The maximum Gasteiger partial charge on any atom is 0.330 e. The highest BCUT2D eigenvalue weighted by atomic mass is 32.1. The van der Waals surface area contributed by atoms with Crippen molar-refractivity contribution < 1.29 is 61.9 Å². The zero-order chi connectivity index (χ0) is 49.8. The zero-order valence-electron chi connectivity index (χ0n) is 40.7. The van der Waals surface area contributed by atoms with Gasteiger partial charge in [-0.15, -0.1) is 0 Å². The van der Waals surface area contributed by atoms with Crippen LogP contribution in [0.4, 0.5) is 5.13 Å². The summed E-state index contributed by atoms with van der Waals surface area (Å²) < 4.78 is 45.6. The van der Waals surface area contributed by atoms with Crippen molar-refractivity contribution in [3.05, 3.63) is 73.3 Å². The number of unbranched alkanes of at least 4 members (excludes halogenated alkanes) is 6. The lowest BCUT2D eigenvalue weighted by Gasteiger charge is -2.27. The number of ether oxygens (including phenoxy) is 8. The number of methoxy groups -OCH3 is 1. The molecule has 0 spiro atoms. The molecule has 2 aliphatic rings. The molecule has 2 fully saturated rings. The highest BCUT2D eigenvalue weighted by Gasteiger charge is 2.32. The number of hydrogen-bond donors (Lipinski definition) is 0. The van der Waals surface area contributed by atoms with Crippen LogP contribution in [-0.2, 0) is 52.4 Å². The number of esters is 5. The van der Waals surface area contributed by atoms with Crippen LogP contribution in [0.2, 0.25) is 0 Å². The SMILES string of the molecule is C=CC(=O)OCCCCCCOC(=O)C1CCC(COc2ccc(OC(=O)C3CCC(C(=O)OCCCCCCOC(=O)C=C)CC3)cc2/C=N/N(CCOCCOC)c2nc3ccccc3s2)CC1. The van der Waals surface area contributed by atoms with Crippen LogP contribution in [0.1, 0.15) is 108 Å². The molecule has 70 heavy (non-hydrogen) atoms. The van der Waals surface area contributed by atoms with Gasteiger partial charge < -0.3 is 37.9 Å². The molecule has 5 rings (SSSR count). The first-order valence-corrected chi connectivity index (χ1v) is 25.6. The Morgan fingerprint density at radius 1 is 0.671 bits per heavy atom. The molecule has 0 unspecified atom stereocenters. The minimum atomic E-state index is -0.429. The summed E-state index contributed by atoms with van der Waals surface area (Å²) in [6, 6.07) is 13.2. The molecular weight excluding hydrogens is 919 g/mol. The molecule has 0 aliphatic heterocycles. The summed E-state index contributed by atoms with van der Waals surface area (Å²) in [5.74, 6) is -1.21. The third kappa shape index (κ3) is 19.6. The lowest BCUT2D eigenvalue weighted by Crippen LogP contribution is -2.29. The maximum atomic E-state index is 13.6. The number of benzene rings is 2. The molecule has 1 heterocycles. The van der Waals surface area contributed by atoms with Crippen molar-refractivity contribution in [1.82, 2.24) is 4.98 Å². The fraction of sp³-hybridized carbons (Fsp3) is 0.566. The van der Waals surface area contributed by atoms with Crippen LogP contribution in [-0.4, -0.2) is 108 Å². The minimum absolute atomic E-state index is 0.141. The highest BCUT2D eigenvalue weighted by molar-refractivity contribution is 7.22. The van der Waals surface area contributed by atoms with E-state index in [-0.39, 0.29) is 41.6 Å². The Balaban J connectivity index is 1.16. The summed E-state index contributed by atoms with van der Waals surface area (Å²) in [4.78, 5) is 66.5. The minimum Gasteiger partial charge on any atom is -0.493 e. The van der Waals surface area contributed by atoms with Crippen molar-refractivity contribution in [3.8, 4) is 11.5 Å². The Morgan fingerprint density at radius 3 is 1.80 bits per heavy atom. The maximum absolute atomic E-state index is 13.6. The summed E-state index contributed by atoms with van der Waals surface area (Å²) in [6.45, 7) is 10.3. The monoisotopic (exact) mass is 989 g/mol. The first-order chi connectivity index (χ1) is 34.2. The van der Waals surface area contributed by atoms with E-state index in [4.69, 9.17) is 48.0 Å². The molecular formula is C53H71N3O13S. The van der Waals surface area contributed by atoms with Gasteiger partial charge in [0.2, 0.25) is 5.13 Å². The normalized spacial score (nSPS) is 17.9. The molecule has 2 saturated carbocycles. The molecule has 0 atom stereocenters. The summed E-state index contributed by atoms with van der Waals surface area (Å²) >= 11 is 1.52. The van der Waals surface area contributed by atoms with Crippen LogP contribution in [0.15, 0.2) is 72.9 Å². The summed E-state index contributed by atoms with van der Waals surface area (Å²) in [7, 11) is 1.63. The third-order valence-electron chi connectivity index (χ3n) is 12.4. The van der Waals surface area contributed by atoms with Crippen molar-refractivity contribution in [2.45, 2.75) is 103 Å². The third-order valence-corrected chi connectivity index (χ3v) is 13.4. The van der Waals surface area contributed by atoms with E-state index in [1.54, 1.807) is 36.5 Å². The van der Waals surface area contributed by atoms with Crippen LogP contribution in [0.25, 0.3) is 10.2 Å². The molecule has 1 aromatic heterocycles. The topological polar surface area (TPSA) is 188 Å². The molecule has 0 amide bonds. The van der Waals surface area contributed by atoms with Gasteiger partial charge in [-0.1, -0.05) is 36.6 Å². The van der Waals surface area contributed by atoms with Crippen molar-refractivity contribution in [2.24, 2.45) is 28.8 Å². The average Bonchev–Trinajstić information content (AvgIpc) is 3.82. The molecule has 0 N–H and O–H groups in total. The van der Waals surface area contributed by atoms with Crippen LogP contribution >= 0.6 is 11.3 Å². The van der Waals surface area contributed by atoms with E-state index in [0.29, 0.717) is 107 Å². The summed E-state index contributed by atoms with van der Waals surface area (Å²) in [5.41, 5.74) is 1.47. The molecule has 2 aliphatic carbocycles. The number of carbonyl (C=O) groups is 5. The first-order valence-electron chi connectivity index (χ1n) is 24.8. The van der Waals surface area contributed by atoms with Gasteiger partial charge in [0.1, 0.15) is 11.5 Å². The predicted octanol–water partition coefficient (Wildman–Crippen LogP) is 9.36. The van der Waals surface area contributed by atoms with Gasteiger partial charge in [-0.2, -0.15) is 5.10 Å². The van der Waals surface area contributed by atoms with Crippen LogP contribution in [0.5, 0.6) is 11.5 Å². The second-order valence-corrected chi connectivity index (χ2v) is 18.6. The van der Waals surface area contributed by atoms with Crippen molar-refractivity contribution in [3.63, 3.8) is 0 Å². The van der Waals surface area contributed by atoms with E-state index in [1.807, 2.05) is 24.3 Å². The number of anilines is 1. The number of carbonyl (C=O) groups excluding carboxylic acids is 5. The van der Waals surface area contributed by atoms with E-state index in [1.165, 1.54) is 11.3 Å². The number of rotatable bonds is 32. The van der Waals surface area contributed by atoms with Gasteiger partial charge in [-0.25, -0.2) is 19.6 Å². The van der Waals surface area contributed by atoms with Gasteiger partial charge in [-0.05, 0) is 139 Å². The Bertz CT molecular complexity index is 2110. The molecule has 17 heteroatoms. The molecule has 0 bridgehead atoms. The van der Waals surface area contributed by atoms with E-state index >= 15 is 0 Å². The molecule has 0 saturated heterocycles. The second-order valence-electron chi connectivity index (χ2n) is 17.5. The van der Waals surface area contributed by atoms with Gasteiger partial charge in [0.05, 0.1) is 93.6 Å². The summed E-state index contributed by atoms with van der Waals surface area (Å²) in [6.07, 6.45) is 15.6. The van der Waals surface area contributed by atoms with Crippen LogP contribution in [0.3, 0.4) is 0 Å². The number of aromatic nitrogens is 1. The fourth-order valence-electron chi connectivity index (χ4n) is 8.22. The van der Waals surface area contributed by atoms with Gasteiger partial charge in [0.25, 0.3) is 0 Å². The number of para-hydroxylation sites is 1. The molecule has 0 radical (unpaired) electrons. The van der Waals surface area contributed by atoms with Gasteiger partial charge in [0, 0.05) is 24.8 Å². The lowest BCUT2D eigenvalue weighted by molar-refractivity contribution is -0.152. The lowest BCUT2D eigenvalue weighted by atomic mass is 9.82. The van der Waals surface area contributed by atoms with Crippen molar-refractivity contribution in [2.75, 3.05) is 71.5 Å². The molecule has 382 valence electrons. The number of nitrogens with zero attached hydrogens (tertiary/aromatic N) is 3. The van der Waals surface area contributed by atoms with E-state index < -0.39 is 11.9 Å². The Morgan fingerprint density at radius 2 is 1.23 bits per heavy atom. The van der Waals surface area contributed by atoms with Gasteiger partial charge in [-0.3, -0.25) is 14.4 Å². The predicted molar refractivity (Wildman–Crippen MR) is 267 cm³/mol. The summed E-state index contributed by atoms with van der Waals surface area (Å²) in [5, 5.41) is 7.38. The van der Waals surface area contributed by atoms with Gasteiger partial charge in [0.15, 0.2) is 0 Å². The highest BCUT2D eigenvalue weighted by Crippen LogP contribution is 2.34. The molecule has 2 aromatic carbocycles. The van der Waals surface area contributed by atoms with Crippen molar-refractivity contribution >= 4 is 62.7 Å². The number of hydrogen-bond acceptors (Lipinski definition) is 17. The zero-order valence-corrected chi connectivity index (χ0v) is 41.5. The number of hydrazone groups is 1. The Kier molecular flexibility index (Phi) is 24.9. The second kappa shape index (κ2) is 31.6. The first kappa shape index (κ1) is 55.3. The van der Waals surface area contributed by atoms with E-state index in [0.717, 1.165) is 99.4 Å². The molecule has 3 aromatic rings. The van der Waals surface area contributed by atoms with Crippen LogP contribution < -0.4 is 14.5 Å². The average molecular weight is 990 g/mol. The quantitative estimate of drug-likeness (QED) is 0.0109. The Hall–Kier alpha value is -5.65. The van der Waals surface area contributed by atoms with E-state index in [9.17, 15) is 24.0 Å². The van der Waals surface area contributed by atoms with Gasteiger partial charge >= 0.3 is 29.8 Å². The van der Waals surface area contributed by atoms with E-state index in [2.05, 4.69) is 13.2 Å². The van der Waals surface area contributed by atoms with Crippen molar-refractivity contribution in [1.29, 1.82) is 0 Å². The largest absolute Gasteiger partial charge is 0.493 e. The fourth-order valence-corrected chi connectivity index (χ4v) is 9.17. The standard InChI is InChI=1S/C53H71N3O13S/c1-4-48(57)64-29-12-6-8-14-31-66-50(59)40-20-18-39(19-21-40)38-68-46-27-26-44(36-43(46)37-54-56(28-33-63-35-34-62-3)53-55-45-16-10-11-17-47(45)70-53)69-52(61)42-24-22-41(23-25-42)51(60)67-32-15-9-7-13-30-65-49(58)5-2/h4-5,10-11,16-17,26-27,36-37,39-42H,1-2,6-9,12-15,18-25,28-35,38H2,3H3/b54-37+. The Labute approximate surface area is 416 Å². The molecule has 16 nitrogen and oxygen atoms in total.